The van der Waals surface area contributed by atoms with Gasteiger partial charge in [-0.2, -0.15) is 0 Å². The summed E-state index contributed by atoms with van der Waals surface area (Å²) in [4.78, 5) is 11.7. The van der Waals surface area contributed by atoms with Crippen LogP contribution in [0.4, 0.5) is 0 Å². The Hall–Kier alpha value is -0.690. The number of ether oxygens (including phenoxy) is 4. The molecule has 0 radical (unpaired) electrons. The van der Waals surface area contributed by atoms with Gasteiger partial charge in [-0.1, -0.05) is 46.5 Å². The molecule has 0 aromatic carbocycles. The molecule has 27 heavy (non-hydrogen) atoms. The van der Waals surface area contributed by atoms with Crippen LogP contribution in [-0.2, 0) is 23.7 Å². The van der Waals surface area contributed by atoms with Gasteiger partial charge in [0, 0.05) is 13.2 Å². The van der Waals surface area contributed by atoms with Crippen molar-refractivity contribution in [3.63, 3.8) is 0 Å². The van der Waals surface area contributed by atoms with Crippen LogP contribution in [0.2, 0.25) is 0 Å². The molecule has 0 spiro atoms. The highest BCUT2D eigenvalue weighted by Gasteiger charge is 2.05. The number of amides is 1. The van der Waals surface area contributed by atoms with Gasteiger partial charge in [0.2, 0.25) is 5.91 Å². The van der Waals surface area contributed by atoms with E-state index in [1.54, 1.807) is 0 Å². The highest BCUT2D eigenvalue weighted by atomic mass is 16.6. The van der Waals surface area contributed by atoms with Gasteiger partial charge in [0.1, 0.15) is 6.61 Å². The third-order valence-corrected chi connectivity index (χ3v) is 4.38. The van der Waals surface area contributed by atoms with Crippen molar-refractivity contribution >= 4 is 5.91 Å². The van der Waals surface area contributed by atoms with Crippen molar-refractivity contribution in [2.75, 3.05) is 59.4 Å². The summed E-state index contributed by atoms with van der Waals surface area (Å²) in [5, 5.41) is 2.91. The predicted molar refractivity (Wildman–Crippen MR) is 109 cm³/mol. The third-order valence-electron chi connectivity index (χ3n) is 4.38. The number of carbonyl (C=O) groups excluding carboxylic acids is 1. The summed E-state index contributed by atoms with van der Waals surface area (Å²) in [5.74, 6) is 0.739. The molecule has 1 amide bonds. The number of rotatable bonds is 21. The van der Waals surface area contributed by atoms with Crippen molar-refractivity contribution in [3.8, 4) is 0 Å². The summed E-state index contributed by atoms with van der Waals surface area (Å²) in [7, 11) is 0. The Balaban J connectivity index is 3.25. The number of nitrogens with one attached hydrogen (secondary N) is 1. The van der Waals surface area contributed by atoms with Crippen LogP contribution in [0.25, 0.3) is 0 Å². The number of hydrogen-bond donors (Lipinski definition) is 1. The largest absolute Gasteiger partial charge is 0.379 e. The van der Waals surface area contributed by atoms with Crippen LogP contribution in [0.15, 0.2) is 0 Å². The molecule has 0 rings (SSSR count). The van der Waals surface area contributed by atoms with E-state index in [9.17, 15) is 4.79 Å². The molecule has 0 heterocycles. The first-order valence-electron chi connectivity index (χ1n) is 10.8. The SMILES string of the molecule is CCCCOCCOCCOCCOCC(=O)NCCCC(CC)CCC. The fraction of sp³-hybridized carbons (Fsp3) is 0.952. The first kappa shape index (κ1) is 26.3. The average molecular weight is 390 g/mol. The third kappa shape index (κ3) is 19.9. The predicted octanol–water partition coefficient (Wildman–Crippen LogP) is 3.58. The molecule has 0 saturated heterocycles. The van der Waals surface area contributed by atoms with E-state index in [1.165, 1.54) is 25.7 Å². The molecule has 1 N–H and O–H groups in total. The first-order chi connectivity index (χ1) is 13.2. The van der Waals surface area contributed by atoms with Crippen LogP contribution < -0.4 is 5.32 Å². The number of carbonyl (C=O) groups is 1. The highest BCUT2D eigenvalue weighted by molar-refractivity contribution is 5.77. The fourth-order valence-corrected chi connectivity index (χ4v) is 2.70. The monoisotopic (exact) mass is 389 g/mol. The van der Waals surface area contributed by atoms with Gasteiger partial charge < -0.3 is 24.3 Å². The maximum atomic E-state index is 11.7. The Bertz CT molecular complexity index is 315. The van der Waals surface area contributed by atoms with Crippen molar-refractivity contribution in [1.82, 2.24) is 5.32 Å². The molecule has 162 valence electrons. The van der Waals surface area contributed by atoms with E-state index < -0.39 is 0 Å². The van der Waals surface area contributed by atoms with Gasteiger partial charge in [-0.25, -0.2) is 0 Å². The first-order valence-corrected chi connectivity index (χ1v) is 10.8. The molecule has 0 aliphatic heterocycles. The summed E-state index contributed by atoms with van der Waals surface area (Å²) in [6.45, 7) is 11.4. The van der Waals surface area contributed by atoms with Gasteiger partial charge in [0.15, 0.2) is 0 Å². The minimum absolute atomic E-state index is 0.0510. The Kier molecular flexibility index (Phi) is 21.1. The van der Waals surface area contributed by atoms with Crippen molar-refractivity contribution in [2.45, 2.75) is 65.7 Å². The molecular formula is C21H43NO5. The summed E-state index contributed by atoms with van der Waals surface area (Å²) >= 11 is 0. The summed E-state index contributed by atoms with van der Waals surface area (Å²) < 4.78 is 21.5. The van der Waals surface area contributed by atoms with Crippen molar-refractivity contribution < 1.29 is 23.7 Å². The normalized spacial score (nSPS) is 12.3. The second-order valence-electron chi connectivity index (χ2n) is 6.80. The molecule has 0 bridgehead atoms. The van der Waals surface area contributed by atoms with Crippen molar-refractivity contribution in [2.24, 2.45) is 5.92 Å². The van der Waals surface area contributed by atoms with E-state index in [4.69, 9.17) is 18.9 Å². The molecule has 1 atom stereocenters. The summed E-state index contributed by atoms with van der Waals surface area (Å²) in [6.07, 6.45) is 8.22. The van der Waals surface area contributed by atoms with Crippen molar-refractivity contribution in [1.29, 1.82) is 0 Å². The Morgan fingerprint density at radius 1 is 0.741 bits per heavy atom. The van der Waals surface area contributed by atoms with Crippen LogP contribution in [0.5, 0.6) is 0 Å². The second-order valence-corrected chi connectivity index (χ2v) is 6.80. The lowest BCUT2D eigenvalue weighted by atomic mass is 9.95. The zero-order valence-electron chi connectivity index (χ0n) is 17.9. The minimum Gasteiger partial charge on any atom is -0.379 e. The number of unbranched alkanes of at least 4 members (excludes halogenated alkanes) is 1. The van der Waals surface area contributed by atoms with Crippen LogP contribution in [0.1, 0.15) is 65.7 Å². The molecule has 0 aromatic rings. The molecule has 0 aliphatic carbocycles. The maximum Gasteiger partial charge on any atom is 0.245 e. The lowest BCUT2D eigenvalue weighted by Crippen LogP contribution is -2.29. The van der Waals surface area contributed by atoms with Gasteiger partial charge in [0.05, 0.1) is 39.6 Å². The van der Waals surface area contributed by atoms with E-state index in [1.807, 2.05) is 0 Å². The van der Waals surface area contributed by atoms with Gasteiger partial charge >= 0.3 is 0 Å². The molecule has 0 aliphatic rings. The van der Waals surface area contributed by atoms with Gasteiger partial charge in [-0.05, 0) is 25.2 Å². The highest BCUT2D eigenvalue weighted by Crippen LogP contribution is 2.16. The van der Waals surface area contributed by atoms with Crippen LogP contribution >= 0.6 is 0 Å². The molecule has 6 heteroatoms. The number of hydrogen-bond acceptors (Lipinski definition) is 5. The molecule has 0 fully saturated rings. The van der Waals surface area contributed by atoms with Gasteiger partial charge in [-0.3, -0.25) is 4.79 Å². The summed E-state index contributed by atoms with van der Waals surface area (Å²) in [5.41, 5.74) is 0. The minimum atomic E-state index is -0.0510. The molecule has 0 aromatic heterocycles. The topological polar surface area (TPSA) is 66.0 Å². The molecule has 6 nitrogen and oxygen atoms in total. The van der Waals surface area contributed by atoms with E-state index in [0.717, 1.165) is 38.3 Å². The van der Waals surface area contributed by atoms with Crippen LogP contribution in [0.3, 0.4) is 0 Å². The van der Waals surface area contributed by atoms with Crippen molar-refractivity contribution in [3.05, 3.63) is 0 Å². The molecular weight excluding hydrogens is 346 g/mol. The molecule has 0 saturated carbocycles. The van der Waals surface area contributed by atoms with Crippen LogP contribution in [-0.4, -0.2) is 65.3 Å². The van der Waals surface area contributed by atoms with E-state index >= 15 is 0 Å². The maximum absolute atomic E-state index is 11.7. The van der Waals surface area contributed by atoms with E-state index in [-0.39, 0.29) is 12.5 Å². The van der Waals surface area contributed by atoms with Gasteiger partial charge in [-0.15, -0.1) is 0 Å². The Morgan fingerprint density at radius 3 is 1.89 bits per heavy atom. The Labute approximate surface area is 166 Å². The smallest absolute Gasteiger partial charge is 0.245 e. The zero-order chi connectivity index (χ0) is 20.0. The molecule has 1 unspecified atom stereocenters. The Morgan fingerprint density at radius 2 is 1.33 bits per heavy atom. The van der Waals surface area contributed by atoms with Crippen LogP contribution in [0, 0.1) is 5.92 Å². The fourth-order valence-electron chi connectivity index (χ4n) is 2.70. The average Bonchev–Trinajstić information content (AvgIpc) is 2.67. The lowest BCUT2D eigenvalue weighted by molar-refractivity contribution is -0.126. The van der Waals surface area contributed by atoms with E-state index in [2.05, 4.69) is 26.1 Å². The van der Waals surface area contributed by atoms with Gasteiger partial charge in [0.25, 0.3) is 0 Å². The quantitative estimate of drug-likeness (QED) is 0.304. The van der Waals surface area contributed by atoms with E-state index in [0.29, 0.717) is 39.6 Å². The summed E-state index contributed by atoms with van der Waals surface area (Å²) in [6, 6.07) is 0. The second kappa shape index (κ2) is 21.6. The zero-order valence-corrected chi connectivity index (χ0v) is 17.9. The lowest BCUT2D eigenvalue weighted by Gasteiger charge is -2.13. The standard InChI is InChI=1S/C21H43NO5/c1-4-7-12-24-13-14-25-15-16-26-17-18-27-19-21(23)22-11-8-10-20(6-3)9-5-2/h20H,4-19H2,1-3H3,(H,22,23).